The summed E-state index contributed by atoms with van der Waals surface area (Å²) in [4.78, 5) is 4.32. The number of nitrogens with one attached hydrogen (secondary N) is 1. The molecule has 0 fully saturated rings. The van der Waals surface area contributed by atoms with Crippen molar-refractivity contribution in [3.63, 3.8) is 0 Å². The van der Waals surface area contributed by atoms with Crippen molar-refractivity contribution >= 4 is 27.7 Å². The van der Waals surface area contributed by atoms with Gasteiger partial charge in [-0.05, 0) is 59.6 Å². The topological polar surface area (TPSA) is 48.7 Å². The number of pyridine rings is 1. The molecule has 1 rings (SSSR count). The molecule has 1 N–H and O–H groups in total. The Kier molecular flexibility index (Phi) is 7.44. The van der Waals surface area contributed by atoms with E-state index in [4.69, 9.17) is 0 Å². The third-order valence-electron chi connectivity index (χ3n) is 3.03. The minimum absolute atomic E-state index is 0.359. The standard InChI is InChI=1S/C14H20BrN3S/c1-3-14(11-16,18-4-2)8-5-9-19-13-7-6-12(15)10-17-13/h6-7,10,18H,3-5,8-9H2,1-2H3. The lowest BCUT2D eigenvalue weighted by molar-refractivity contribution is 0.379. The fourth-order valence-corrected chi connectivity index (χ4v) is 2.93. The predicted octanol–water partition coefficient (Wildman–Crippen LogP) is 4.00. The summed E-state index contributed by atoms with van der Waals surface area (Å²) in [6.07, 6.45) is 4.55. The van der Waals surface area contributed by atoms with E-state index in [0.717, 1.165) is 41.1 Å². The Morgan fingerprint density at radius 2 is 2.26 bits per heavy atom. The highest BCUT2D eigenvalue weighted by Crippen LogP contribution is 2.22. The van der Waals surface area contributed by atoms with Gasteiger partial charge in [-0.1, -0.05) is 13.8 Å². The summed E-state index contributed by atoms with van der Waals surface area (Å²) < 4.78 is 0.999. The van der Waals surface area contributed by atoms with Crippen LogP contribution in [0.3, 0.4) is 0 Å². The van der Waals surface area contributed by atoms with Crippen LogP contribution in [0.1, 0.15) is 33.1 Å². The lowest BCUT2D eigenvalue weighted by Crippen LogP contribution is -2.43. The van der Waals surface area contributed by atoms with Gasteiger partial charge in [0, 0.05) is 10.7 Å². The molecule has 1 aromatic heterocycles. The van der Waals surface area contributed by atoms with E-state index in [1.54, 1.807) is 11.8 Å². The number of hydrogen-bond donors (Lipinski definition) is 1. The quantitative estimate of drug-likeness (QED) is 0.573. The number of rotatable bonds is 8. The first-order chi connectivity index (χ1) is 9.15. The second kappa shape index (κ2) is 8.57. The van der Waals surface area contributed by atoms with Gasteiger partial charge in [0.25, 0.3) is 0 Å². The van der Waals surface area contributed by atoms with Crippen LogP contribution in [-0.2, 0) is 0 Å². The van der Waals surface area contributed by atoms with Crippen LogP contribution in [0.4, 0.5) is 0 Å². The van der Waals surface area contributed by atoms with Gasteiger partial charge in [0.2, 0.25) is 0 Å². The van der Waals surface area contributed by atoms with E-state index in [9.17, 15) is 5.26 Å². The Balaban J connectivity index is 2.37. The van der Waals surface area contributed by atoms with Crippen molar-refractivity contribution in [2.45, 2.75) is 43.7 Å². The fourth-order valence-electron chi connectivity index (χ4n) is 1.90. The molecule has 0 aromatic carbocycles. The van der Waals surface area contributed by atoms with Crippen molar-refractivity contribution in [1.29, 1.82) is 5.26 Å². The van der Waals surface area contributed by atoms with Gasteiger partial charge in [-0.3, -0.25) is 5.32 Å². The highest BCUT2D eigenvalue weighted by atomic mass is 79.9. The minimum atomic E-state index is -0.359. The first-order valence-corrected chi connectivity index (χ1v) is 8.34. The molecule has 0 saturated heterocycles. The van der Waals surface area contributed by atoms with Crippen molar-refractivity contribution < 1.29 is 0 Å². The average molecular weight is 342 g/mol. The van der Waals surface area contributed by atoms with E-state index in [0.29, 0.717) is 0 Å². The van der Waals surface area contributed by atoms with Crippen molar-refractivity contribution in [3.8, 4) is 6.07 Å². The molecular weight excluding hydrogens is 322 g/mol. The number of aromatic nitrogens is 1. The Bertz CT molecular complexity index is 416. The smallest absolute Gasteiger partial charge is 0.106 e. The molecule has 0 amide bonds. The zero-order valence-corrected chi connectivity index (χ0v) is 13.9. The maximum absolute atomic E-state index is 9.32. The minimum Gasteiger partial charge on any atom is -0.300 e. The summed E-state index contributed by atoms with van der Waals surface area (Å²) in [6, 6.07) is 6.44. The van der Waals surface area contributed by atoms with Crippen molar-refractivity contribution in [2.75, 3.05) is 12.3 Å². The number of nitriles is 1. The van der Waals surface area contributed by atoms with E-state index in [-0.39, 0.29) is 5.54 Å². The Morgan fingerprint density at radius 3 is 2.79 bits per heavy atom. The predicted molar refractivity (Wildman–Crippen MR) is 84.2 cm³/mol. The van der Waals surface area contributed by atoms with Crippen LogP contribution in [0.2, 0.25) is 0 Å². The number of halogens is 1. The van der Waals surface area contributed by atoms with E-state index >= 15 is 0 Å². The van der Waals surface area contributed by atoms with Gasteiger partial charge < -0.3 is 0 Å². The molecule has 0 aliphatic heterocycles. The zero-order chi connectivity index (χ0) is 14.1. The Hall–Kier alpha value is -0.570. The number of hydrogen-bond acceptors (Lipinski definition) is 4. The lowest BCUT2D eigenvalue weighted by Gasteiger charge is -2.25. The Morgan fingerprint density at radius 1 is 1.47 bits per heavy atom. The fraction of sp³-hybridized carbons (Fsp3) is 0.571. The van der Waals surface area contributed by atoms with Crippen molar-refractivity contribution in [2.24, 2.45) is 0 Å². The molecule has 1 atom stereocenters. The van der Waals surface area contributed by atoms with E-state index in [1.807, 2.05) is 25.3 Å². The van der Waals surface area contributed by atoms with Gasteiger partial charge in [-0.25, -0.2) is 4.98 Å². The second-order valence-corrected chi connectivity index (χ2v) is 6.38. The molecule has 3 nitrogen and oxygen atoms in total. The van der Waals surface area contributed by atoms with Gasteiger partial charge in [0.15, 0.2) is 0 Å². The summed E-state index contributed by atoms with van der Waals surface area (Å²) in [5, 5.41) is 13.7. The lowest BCUT2D eigenvalue weighted by atomic mass is 9.92. The largest absolute Gasteiger partial charge is 0.300 e. The van der Waals surface area contributed by atoms with Gasteiger partial charge >= 0.3 is 0 Å². The van der Waals surface area contributed by atoms with E-state index in [2.05, 4.69) is 39.2 Å². The second-order valence-electron chi connectivity index (χ2n) is 4.34. The van der Waals surface area contributed by atoms with Gasteiger partial charge in [0.05, 0.1) is 11.1 Å². The molecule has 1 unspecified atom stereocenters. The summed E-state index contributed by atoms with van der Waals surface area (Å²) >= 11 is 5.11. The monoisotopic (exact) mass is 341 g/mol. The van der Waals surface area contributed by atoms with Gasteiger partial charge in [-0.2, -0.15) is 5.26 Å². The summed E-state index contributed by atoms with van der Waals surface area (Å²) in [5.41, 5.74) is -0.359. The molecule has 0 aliphatic carbocycles. The van der Waals surface area contributed by atoms with E-state index in [1.165, 1.54) is 0 Å². The number of nitrogens with zero attached hydrogens (tertiary/aromatic N) is 2. The molecule has 0 radical (unpaired) electrons. The molecule has 19 heavy (non-hydrogen) atoms. The van der Waals surface area contributed by atoms with Crippen LogP contribution < -0.4 is 5.32 Å². The summed E-state index contributed by atoms with van der Waals surface area (Å²) in [5.74, 6) is 0.990. The van der Waals surface area contributed by atoms with Gasteiger partial charge in [0.1, 0.15) is 5.54 Å². The van der Waals surface area contributed by atoms with Crippen LogP contribution >= 0.6 is 27.7 Å². The molecule has 0 bridgehead atoms. The van der Waals surface area contributed by atoms with Gasteiger partial charge in [-0.15, -0.1) is 11.8 Å². The van der Waals surface area contributed by atoms with Crippen LogP contribution in [0.15, 0.2) is 27.8 Å². The van der Waals surface area contributed by atoms with Crippen LogP contribution in [0.25, 0.3) is 0 Å². The van der Waals surface area contributed by atoms with Crippen LogP contribution in [0, 0.1) is 11.3 Å². The molecular formula is C14H20BrN3S. The molecule has 1 heterocycles. The average Bonchev–Trinajstić information content (AvgIpc) is 2.44. The van der Waals surface area contributed by atoms with E-state index < -0.39 is 0 Å². The third-order valence-corrected chi connectivity index (χ3v) is 4.53. The first kappa shape index (κ1) is 16.5. The van der Waals surface area contributed by atoms with Crippen LogP contribution in [0.5, 0.6) is 0 Å². The third kappa shape index (κ3) is 5.52. The molecule has 0 spiro atoms. The zero-order valence-electron chi connectivity index (χ0n) is 11.4. The first-order valence-electron chi connectivity index (χ1n) is 6.56. The highest BCUT2D eigenvalue weighted by molar-refractivity contribution is 9.10. The SMILES string of the molecule is CCNC(C#N)(CC)CCCSc1ccc(Br)cn1. The Labute approximate surface area is 128 Å². The summed E-state index contributed by atoms with van der Waals surface area (Å²) in [6.45, 7) is 4.94. The molecule has 0 saturated carbocycles. The molecule has 0 aliphatic rings. The normalized spacial score (nSPS) is 13.8. The molecule has 5 heteroatoms. The van der Waals surface area contributed by atoms with Crippen molar-refractivity contribution in [1.82, 2.24) is 10.3 Å². The van der Waals surface area contributed by atoms with Crippen LogP contribution in [-0.4, -0.2) is 22.8 Å². The highest BCUT2D eigenvalue weighted by Gasteiger charge is 2.25. The maximum Gasteiger partial charge on any atom is 0.106 e. The molecule has 1 aromatic rings. The molecule has 104 valence electrons. The van der Waals surface area contributed by atoms with Crippen molar-refractivity contribution in [3.05, 3.63) is 22.8 Å². The summed E-state index contributed by atoms with van der Waals surface area (Å²) in [7, 11) is 0. The number of thioether (sulfide) groups is 1. The maximum atomic E-state index is 9.32.